The molecule has 0 aromatic heterocycles. The normalized spacial score (nSPS) is 33.9. The first-order valence-electron chi connectivity index (χ1n) is 6.91. The molecule has 0 unspecified atom stereocenters. The molecule has 2 atom stereocenters. The Morgan fingerprint density at radius 2 is 2.05 bits per heavy atom. The van der Waals surface area contributed by atoms with Crippen LogP contribution in [0.4, 0.5) is 4.79 Å². The number of rotatable bonds is 4. The van der Waals surface area contributed by atoms with Gasteiger partial charge in [-0.25, -0.2) is 4.79 Å². The number of hydrogen-bond acceptors (Lipinski definition) is 3. The van der Waals surface area contributed by atoms with Crippen molar-refractivity contribution in [2.24, 2.45) is 11.8 Å². The molecule has 0 bridgehead atoms. The maximum absolute atomic E-state index is 12.0. The number of amides is 2. The molecular weight excluding hydrogens is 248 g/mol. The van der Waals surface area contributed by atoms with Crippen molar-refractivity contribution in [2.75, 3.05) is 19.7 Å². The fraction of sp³-hybridized carbons (Fsp3) is 0.846. The Balaban J connectivity index is 1.75. The van der Waals surface area contributed by atoms with Gasteiger partial charge in [-0.3, -0.25) is 4.79 Å². The van der Waals surface area contributed by atoms with E-state index in [1.807, 2.05) is 13.8 Å². The fourth-order valence-electron chi connectivity index (χ4n) is 2.78. The maximum Gasteiger partial charge on any atom is 0.317 e. The van der Waals surface area contributed by atoms with Crippen LogP contribution >= 0.6 is 0 Å². The first kappa shape index (κ1) is 14.1. The molecule has 1 heterocycles. The Labute approximate surface area is 113 Å². The van der Waals surface area contributed by atoms with Gasteiger partial charge in [0.2, 0.25) is 0 Å². The molecule has 2 aliphatic rings. The minimum atomic E-state index is -0.817. The Kier molecular flexibility index (Phi) is 4.29. The standard InChI is InChI=1S/C13H22N2O4/c1-3-19-10-4-9(5-10)14-13(18)15-6-8(2)11(7-15)12(16)17/h8-11H,3-7H2,1-2H3,(H,14,18)(H,16,17)/t8-,9?,10?,11-/m1/s1. The van der Waals surface area contributed by atoms with Gasteiger partial charge in [0.15, 0.2) is 0 Å². The third-order valence-electron chi connectivity index (χ3n) is 4.04. The number of aliphatic carboxylic acids is 1. The van der Waals surface area contributed by atoms with Gasteiger partial charge in [-0.1, -0.05) is 6.92 Å². The lowest BCUT2D eigenvalue weighted by Gasteiger charge is -2.36. The smallest absolute Gasteiger partial charge is 0.317 e. The highest BCUT2D eigenvalue weighted by atomic mass is 16.5. The van der Waals surface area contributed by atoms with Crippen LogP contribution in [0.1, 0.15) is 26.7 Å². The van der Waals surface area contributed by atoms with Crippen LogP contribution in [0.5, 0.6) is 0 Å². The van der Waals surface area contributed by atoms with Crippen LogP contribution < -0.4 is 5.32 Å². The van der Waals surface area contributed by atoms with Gasteiger partial charge < -0.3 is 20.1 Å². The number of carbonyl (C=O) groups is 2. The molecule has 0 aromatic carbocycles. The lowest BCUT2D eigenvalue weighted by Crippen LogP contribution is -2.51. The van der Waals surface area contributed by atoms with Crippen molar-refractivity contribution in [3.8, 4) is 0 Å². The number of likely N-dealkylation sites (tertiary alicyclic amines) is 1. The number of urea groups is 1. The zero-order valence-electron chi connectivity index (χ0n) is 11.5. The van der Waals surface area contributed by atoms with E-state index >= 15 is 0 Å². The average Bonchev–Trinajstić information content (AvgIpc) is 2.68. The van der Waals surface area contributed by atoms with Crippen LogP contribution in [-0.2, 0) is 9.53 Å². The Morgan fingerprint density at radius 3 is 2.58 bits per heavy atom. The SMILES string of the molecule is CCOC1CC(NC(=O)N2C[C@@H](C)[C@H](C(=O)O)C2)C1. The fourth-order valence-corrected chi connectivity index (χ4v) is 2.78. The number of carboxylic acid groups (broad SMARTS) is 1. The quantitative estimate of drug-likeness (QED) is 0.796. The number of carbonyl (C=O) groups excluding carboxylic acids is 1. The summed E-state index contributed by atoms with van der Waals surface area (Å²) in [6, 6.07) is 0.0267. The summed E-state index contributed by atoms with van der Waals surface area (Å²) in [7, 11) is 0. The highest BCUT2D eigenvalue weighted by molar-refractivity contribution is 5.78. The van der Waals surface area contributed by atoms with E-state index in [9.17, 15) is 9.59 Å². The van der Waals surface area contributed by atoms with Crippen LogP contribution in [-0.4, -0.2) is 53.8 Å². The van der Waals surface area contributed by atoms with E-state index in [0.717, 1.165) is 12.8 Å². The molecule has 2 rings (SSSR count). The van der Waals surface area contributed by atoms with Crippen LogP contribution in [0.2, 0.25) is 0 Å². The molecule has 0 radical (unpaired) electrons. The van der Waals surface area contributed by atoms with Crippen molar-refractivity contribution in [1.29, 1.82) is 0 Å². The van der Waals surface area contributed by atoms with E-state index in [1.54, 1.807) is 4.90 Å². The minimum absolute atomic E-state index is 0.0146. The van der Waals surface area contributed by atoms with Gasteiger partial charge in [-0.05, 0) is 25.7 Å². The van der Waals surface area contributed by atoms with Gasteiger partial charge in [-0.15, -0.1) is 0 Å². The van der Waals surface area contributed by atoms with Crippen molar-refractivity contribution < 1.29 is 19.4 Å². The van der Waals surface area contributed by atoms with Gasteiger partial charge in [-0.2, -0.15) is 0 Å². The Bertz CT molecular complexity index is 355. The highest BCUT2D eigenvalue weighted by Gasteiger charge is 2.38. The zero-order valence-corrected chi connectivity index (χ0v) is 11.5. The summed E-state index contributed by atoms with van der Waals surface area (Å²) >= 11 is 0. The van der Waals surface area contributed by atoms with Gasteiger partial charge in [0.1, 0.15) is 0 Å². The third kappa shape index (κ3) is 3.18. The van der Waals surface area contributed by atoms with E-state index in [2.05, 4.69) is 5.32 Å². The monoisotopic (exact) mass is 270 g/mol. The average molecular weight is 270 g/mol. The van der Waals surface area contributed by atoms with E-state index in [-0.39, 0.29) is 24.1 Å². The lowest BCUT2D eigenvalue weighted by atomic mass is 9.89. The van der Waals surface area contributed by atoms with Crippen molar-refractivity contribution >= 4 is 12.0 Å². The summed E-state index contributed by atoms with van der Waals surface area (Å²) in [5.74, 6) is -1.24. The number of carboxylic acids is 1. The first-order valence-corrected chi connectivity index (χ1v) is 6.91. The summed E-state index contributed by atoms with van der Waals surface area (Å²) in [6.07, 6.45) is 1.97. The van der Waals surface area contributed by atoms with E-state index in [1.165, 1.54) is 0 Å². The molecule has 2 amide bonds. The summed E-state index contributed by atoms with van der Waals surface area (Å²) in [6.45, 7) is 5.37. The lowest BCUT2D eigenvalue weighted by molar-refractivity contribution is -0.142. The number of hydrogen-bond donors (Lipinski definition) is 2. The van der Waals surface area contributed by atoms with Crippen LogP contribution in [0.25, 0.3) is 0 Å². The van der Waals surface area contributed by atoms with Crippen molar-refractivity contribution in [2.45, 2.75) is 38.8 Å². The zero-order chi connectivity index (χ0) is 14.0. The number of nitrogens with one attached hydrogen (secondary N) is 1. The summed E-state index contributed by atoms with van der Waals surface area (Å²) in [5.41, 5.74) is 0. The predicted molar refractivity (Wildman–Crippen MR) is 68.8 cm³/mol. The molecule has 2 N–H and O–H groups in total. The number of ether oxygens (including phenoxy) is 1. The molecule has 1 saturated heterocycles. The van der Waals surface area contributed by atoms with Gasteiger partial charge in [0.25, 0.3) is 0 Å². The van der Waals surface area contributed by atoms with Crippen molar-refractivity contribution in [1.82, 2.24) is 10.2 Å². The summed E-state index contributed by atoms with van der Waals surface area (Å²) in [4.78, 5) is 24.6. The first-order chi connectivity index (χ1) is 9.01. The largest absolute Gasteiger partial charge is 0.481 e. The molecule has 6 nitrogen and oxygen atoms in total. The van der Waals surface area contributed by atoms with Crippen LogP contribution in [0.3, 0.4) is 0 Å². The summed E-state index contributed by atoms with van der Waals surface area (Å²) < 4.78 is 5.44. The second kappa shape index (κ2) is 5.77. The maximum atomic E-state index is 12.0. The molecule has 1 aliphatic carbocycles. The number of nitrogens with zero attached hydrogens (tertiary/aromatic N) is 1. The Hall–Kier alpha value is -1.30. The molecule has 2 fully saturated rings. The predicted octanol–water partition coefficient (Wildman–Crippen LogP) is 0.916. The van der Waals surface area contributed by atoms with Gasteiger partial charge in [0.05, 0.1) is 12.0 Å². The van der Waals surface area contributed by atoms with Crippen LogP contribution in [0.15, 0.2) is 0 Å². The molecule has 0 spiro atoms. The molecule has 0 aromatic rings. The van der Waals surface area contributed by atoms with Gasteiger partial charge >= 0.3 is 12.0 Å². The second-order valence-electron chi connectivity index (χ2n) is 5.52. The summed E-state index contributed by atoms with van der Waals surface area (Å²) in [5, 5.41) is 12.0. The molecule has 6 heteroatoms. The van der Waals surface area contributed by atoms with E-state index in [0.29, 0.717) is 19.7 Å². The molecular formula is C13H22N2O4. The van der Waals surface area contributed by atoms with Crippen molar-refractivity contribution in [3.63, 3.8) is 0 Å². The molecule has 1 aliphatic heterocycles. The van der Waals surface area contributed by atoms with Gasteiger partial charge in [0, 0.05) is 25.7 Å². The minimum Gasteiger partial charge on any atom is -0.481 e. The molecule has 1 saturated carbocycles. The second-order valence-corrected chi connectivity index (χ2v) is 5.52. The van der Waals surface area contributed by atoms with Crippen molar-refractivity contribution in [3.05, 3.63) is 0 Å². The molecule has 19 heavy (non-hydrogen) atoms. The topological polar surface area (TPSA) is 78.9 Å². The molecule has 108 valence electrons. The third-order valence-corrected chi connectivity index (χ3v) is 4.04. The Morgan fingerprint density at radius 1 is 1.37 bits per heavy atom. The van der Waals surface area contributed by atoms with E-state index < -0.39 is 11.9 Å². The van der Waals surface area contributed by atoms with E-state index in [4.69, 9.17) is 9.84 Å². The van der Waals surface area contributed by atoms with Crippen LogP contribution in [0, 0.1) is 11.8 Å². The highest BCUT2D eigenvalue weighted by Crippen LogP contribution is 2.26.